The van der Waals surface area contributed by atoms with E-state index in [0.717, 1.165) is 27.8 Å². The third kappa shape index (κ3) is 2.29. The van der Waals surface area contributed by atoms with Crippen molar-refractivity contribution in [3.63, 3.8) is 0 Å². The van der Waals surface area contributed by atoms with Crippen molar-refractivity contribution in [2.45, 2.75) is 13.5 Å². The van der Waals surface area contributed by atoms with Crippen LogP contribution < -0.4 is 5.32 Å². The second-order valence-electron chi connectivity index (χ2n) is 5.15. The van der Waals surface area contributed by atoms with Crippen LogP contribution in [0.1, 0.15) is 11.3 Å². The first-order valence-electron chi connectivity index (χ1n) is 7.10. The van der Waals surface area contributed by atoms with Crippen LogP contribution in [0.15, 0.2) is 58.7 Å². The predicted molar refractivity (Wildman–Crippen MR) is 89.3 cm³/mol. The highest BCUT2D eigenvalue weighted by molar-refractivity contribution is 7.13. The molecule has 4 heterocycles. The van der Waals surface area contributed by atoms with Gasteiger partial charge in [0, 0.05) is 6.20 Å². The summed E-state index contributed by atoms with van der Waals surface area (Å²) in [5.74, 6) is 1.90. The van der Waals surface area contributed by atoms with Gasteiger partial charge in [-0.05, 0) is 42.1 Å². The Labute approximate surface area is 132 Å². The molecular weight excluding hydrogens is 294 g/mol. The van der Waals surface area contributed by atoms with E-state index in [9.17, 15) is 0 Å². The quantitative estimate of drug-likeness (QED) is 0.600. The number of pyridine rings is 1. The fourth-order valence-electron chi connectivity index (χ4n) is 2.49. The molecular formula is C17H15N3OS. The molecule has 0 unspecified atom stereocenters. The molecule has 4 aromatic heterocycles. The molecule has 0 bridgehead atoms. The lowest BCUT2D eigenvalue weighted by Gasteiger charge is -2.07. The van der Waals surface area contributed by atoms with Gasteiger partial charge in [0.1, 0.15) is 22.9 Å². The van der Waals surface area contributed by atoms with Gasteiger partial charge in [-0.1, -0.05) is 12.1 Å². The van der Waals surface area contributed by atoms with E-state index in [1.165, 1.54) is 5.56 Å². The molecule has 4 rings (SSSR count). The van der Waals surface area contributed by atoms with Gasteiger partial charge in [-0.25, -0.2) is 4.98 Å². The lowest BCUT2D eigenvalue weighted by Crippen LogP contribution is -2.02. The minimum Gasteiger partial charge on any atom is -0.467 e. The third-order valence-electron chi connectivity index (χ3n) is 3.53. The number of anilines is 1. The summed E-state index contributed by atoms with van der Waals surface area (Å²) in [6.45, 7) is 2.72. The normalized spacial score (nSPS) is 11.1. The summed E-state index contributed by atoms with van der Waals surface area (Å²) in [4.78, 5) is 5.93. The van der Waals surface area contributed by atoms with E-state index in [2.05, 4.69) is 40.4 Å². The maximum atomic E-state index is 5.41. The molecule has 0 aliphatic rings. The Hall–Kier alpha value is -2.53. The summed E-state index contributed by atoms with van der Waals surface area (Å²) in [7, 11) is 0. The van der Waals surface area contributed by atoms with E-state index in [0.29, 0.717) is 6.54 Å². The van der Waals surface area contributed by atoms with Gasteiger partial charge < -0.3 is 9.73 Å². The van der Waals surface area contributed by atoms with Crippen LogP contribution in [0.25, 0.3) is 16.2 Å². The molecule has 4 aromatic rings. The molecule has 1 N–H and O–H groups in total. The van der Waals surface area contributed by atoms with E-state index in [1.54, 1.807) is 17.6 Å². The number of aryl methyl sites for hydroxylation is 1. The summed E-state index contributed by atoms with van der Waals surface area (Å²) >= 11 is 1.69. The van der Waals surface area contributed by atoms with E-state index in [-0.39, 0.29) is 0 Å². The van der Waals surface area contributed by atoms with E-state index in [1.807, 2.05) is 24.3 Å². The standard InChI is InChI=1S/C17H15N3OS/c1-12-6-7-15-19-16(14-5-3-9-22-14)17(20(15)11-12)18-10-13-4-2-8-21-13/h2-9,11,18H,10H2,1H3. The van der Waals surface area contributed by atoms with Gasteiger partial charge >= 0.3 is 0 Å². The van der Waals surface area contributed by atoms with Gasteiger partial charge in [-0.2, -0.15) is 0 Å². The number of thiophene rings is 1. The summed E-state index contributed by atoms with van der Waals surface area (Å²) in [5, 5.41) is 5.54. The van der Waals surface area contributed by atoms with Crippen molar-refractivity contribution in [2.75, 3.05) is 5.32 Å². The number of rotatable bonds is 4. The minimum absolute atomic E-state index is 0.632. The maximum absolute atomic E-state index is 5.41. The first-order valence-corrected chi connectivity index (χ1v) is 7.98. The average molecular weight is 309 g/mol. The van der Waals surface area contributed by atoms with Crippen molar-refractivity contribution in [2.24, 2.45) is 0 Å². The third-order valence-corrected chi connectivity index (χ3v) is 4.41. The molecule has 0 amide bonds. The first kappa shape index (κ1) is 13.2. The number of nitrogens with one attached hydrogen (secondary N) is 1. The fourth-order valence-corrected chi connectivity index (χ4v) is 3.20. The summed E-state index contributed by atoms with van der Waals surface area (Å²) < 4.78 is 7.51. The zero-order chi connectivity index (χ0) is 14.9. The van der Waals surface area contributed by atoms with Gasteiger partial charge in [-0.15, -0.1) is 11.3 Å². The zero-order valence-corrected chi connectivity index (χ0v) is 12.9. The lowest BCUT2D eigenvalue weighted by molar-refractivity contribution is 0.518. The summed E-state index contributed by atoms with van der Waals surface area (Å²) in [5.41, 5.74) is 3.12. The lowest BCUT2D eigenvalue weighted by atomic mass is 10.3. The van der Waals surface area contributed by atoms with Crippen molar-refractivity contribution in [1.82, 2.24) is 9.38 Å². The highest BCUT2D eigenvalue weighted by Crippen LogP contribution is 2.32. The largest absolute Gasteiger partial charge is 0.467 e. The monoisotopic (exact) mass is 309 g/mol. The molecule has 0 saturated heterocycles. The highest BCUT2D eigenvalue weighted by atomic mass is 32.1. The molecule has 0 atom stereocenters. The molecule has 110 valence electrons. The fraction of sp³-hybridized carbons (Fsp3) is 0.118. The van der Waals surface area contributed by atoms with Gasteiger partial charge in [0.2, 0.25) is 0 Å². The SMILES string of the molecule is Cc1ccc2nc(-c3cccs3)c(NCc3ccco3)n2c1. The second-order valence-corrected chi connectivity index (χ2v) is 6.10. The van der Waals surface area contributed by atoms with Crippen LogP contribution in [0.5, 0.6) is 0 Å². The Balaban J connectivity index is 1.81. The van der Waals surface area contributed by atoms with Gasteiger partial charge in [0.05, 0.1) is 17.7 Å². The number of hydrogen-bond donors (Lipinski definition) is 1. The highest BCUT2D eigenvalue weighted by Gasteiger charge is 2.15. The molecule has 0 spiro atoms. The van der Waals surface area contributed by atoms with Gasteiger partial charge in [0.15, 0.2) is 0 Å². The van der Waals surface area contributed by atoms with Crippen LogP contribution in [-0.4, -0.2) is 9.38 Å². The van der Waals surface area contributed by atoms with E-state index in [4.69, 9.17) is 9.40 Å². The predicted octanol–water partition coefficient (Wildman–Crippen LogP) is 4.58. The second kappa shape index (κ2) is 5.35. The smallest absolute Gasteiger partial charge is 0.140 e. The van der Waals surface area contributed by atoms with Crippen molar-refractivity contribution in [1.29, 1.82) is 0 Å². The number of hydrogen-bond acceptors (Lipinski definition) is 4. The Morgan fingerprint density at radius 2 is 2.18 bits per heavy atom. The van der Waals surface area contributed by atoms with Crippen LogP contribution >= 0.6 is 11.3 Å². The molecule has 0 aliphatic carbocycles. The molecule has 0 saturated carbocycles. The van der Waals surface area contributed by atoms with Crippen molar-refractivity contribution < 1.29 is 4.42 Å². The van der Waals surface area contributed by atoms with E-state index >= 15 is 0 Å². The molecule has 22 heavy (non-hydrogen) atoms. The molecule has 0 aromatic carbocycles. The zero-order valence-electron chi connectivity index (χ0n) is 12.1. The average Bonchev–Trinajstić information content (AvgIpc) is 3.25. The Bertz CT molecular complexity index is 892. The number of furan rings is 1. The molecule has 5 heteroatoms. The summed E-state index contributed by atoms with van der Waals surface area (Å²) in [6.07, 6.45) is 3.79. The first-order chi connectivity index (χ1) is 10.8. The number of imidazole rings is 1. The van der Waals surface area contributed by atoms with Crippen LogP contribution in [0.2, 0.25) is 0 Å². The van der Waals surface area contributed by atoms with Crippen LogP contribution in [0, 0.1) is 6.92 Å². The topological polar surface area (TPSA) is 42.5 Å². The van der Waals surface area contributed by atoms with Crippen molar-refractivity contribution >= 4 is 22.8 Å². The molecule has 0 fully saturated rings. The number of nitrogens with zero attached hydrogens (tertiary/aromatic N) is 2. The Kier molecular flexibility index (Phi) is 3.20. The van der Waals surface area contributed by atoms with Crippen molar-refractivity contribution in [3.05, 3.63) is 65.6 Å². The van der Waals surface area contributed by atoms with Crippen LogP contribution in [-0.2, 0) is 6.54 Å². The Morgan fingerprint density at radius 1 is 1.23 bits per heavy atom. The van der Waals surface area contributed by atoms with Crippen LogP contribution in [0.3, 0.4) is 0 Å². The number of aromatic nitrogens is 2. The van der Waals surface area contributed by atoms with Crippen LogP contribution in [0.4, 0.5) is 5.82 Å². The Morgan fingerprint density at radius 3 is 2.95 bits per heavy atom. The minimum atomic E-state index is 0.632. The maximum Gasteiger partial charge on any atom is 0.140 e. The van der Waals surface area contributed by atoms with Gasteiger partial charge in [-0.3, -0.25) is 4.40 Å². The van der Waals surface area contributed by atoms with Gasteiger partial charge in [0.25, 0.3) is 0 Å². The molecule has 0 aliphatic heterocycles. The summed E-state index contributed by atoms with van der Waals surface area (Å²) in [6, 6.07) is 12.1. The molecule has 0 radical (unpaired) electrons. The van der Waals surface area contributed by atoms with E-state index < -0.39 is 0 Å². The number of fused-ring (bicyclic) bond motifs is 1. The van der Waals surface area contributed by atoms with Crippen molar-refractivity contribution in [3.8, 4) is 10.6 Å². The molecule has 4 nitrogen and oxygen atoms in total.